The molecule has 0 radical (unpaired) electrons. The molecule has 4 heteroatoms. The highest BCUT2D eigenvalue weighted by molar-refractivity contribution is 9.11. The summed E-state index contributed by atoms with van der Waals surface area (Å²) in [7, 11) is 0. The monoisotopic (exact) mass is 277 g/mol. The van der Waals surface area contributed by atoms with Gasteiger partial charge < -0.3 is 10.4 Å². The Kier molecular flexibility index (Phi) is 5.09. The van der Waals surface area contributed by atoms with Crippen molar-refractivity contribution >= 4 is 27.3 Å². The van der Waals surface area contributed by atoms with Gasteiger partial charge in [-0.15, -0.1) is 11.3 Å². The lowest BCUT2D eigenvalue weighted by Gasteiger charge is -2.19. The average molecular weight is 278 g/mol. The third-order valence-electron chi connectivity index (χ3n) is 2.22. The minimum atomic E-state index is 0.200. The minimum absolute atomic E-state index is 0.200. The zero-order valence-electron chi connectivity index (χ0n) is 8.46. The lowest BCUT2D eigenvalue weighted by molar-refractivity contribution is 0.230. The fourth-order valence-electron chi connectivity index (χ4n) is 1.30. The standard InChI is InChI=1S/C10H16BrNOS/c1-3-8(6-13)12-7(2)9-4-5-10(11)14-9/h4-5,7-8,12-13H,3,6H2,1-2H3/t7-,8+/m0/s1. The van der Waals surface area contributed by atoms with E-state index in [1.165, 1.54) is 4.88 Å². The smallest absolute Gasteiger partial charge is 0.0701 e. The minimum Gasteiger partial charge on any atom is -0.395 e. The molecule has 2 N–H and O–H groups in total. The van der Waals surface area contributed by atoms with Gasteiger partial charge in [-0.25, -0.2) is 0 Å². The highest BCUT2D eigenvalue weighted by Gasteiger charge is 2.12. The summed E-state index contributed by atoms with van der Waals surface area (Å²) in [6, 6.07) is 4.67. The average Bonchev–Trinajstić information content (AvgIpc) is 2.61. The number of thiophene rings is 1. The molecule has 2 nitrogen and oxygen atoms in total. The van der Waals surface area contributed by atoms with Gasteiger partial charge in [0.25, 0.3) is 0 Å². The maximum atomic E-state index is 9.06. The summed E-state index contributed by atoms with van der Waals surface area (Å²) in [5.41, 5.74) is 0. The second-order valence-corrected chi connectivity index (χ2v) is 5.81. The first-order chi connectivity index (χ1) is 6.67. The molecule has 0 amide bonds. The Morgan fingerprint density at radius 2 is 2.29 bits per heavy atom. The van der Waals surface area contributed by atoms with Gasteiger partial charge >= 0.3 is 0 Å². The summed E-state index contributed by atoms with van der Waals surface area (Å²) in [6.07, 6.45) is 0.952. The fourth-order valence-corrected chi connectivity index (χ4v) is 2.73. The number of rotatable bonds is 5. The van der Waals surface area contributed by atoms with E-state index in [0.29, 0.717) is 6.04 Å². The number of hydrogen-bond donors (Lipinski definition) is 2. The Morgan fingerprint density at radius 1 is 1.57 bits per heavy atom. The summed E-state index contributed by atoms with van der Waals surface area (Å²) in [6.45, 7) is 4.40. The summed E-state index contributed by atoms with van der Waals surface area (Å²) >= 11 is 5.17. The van der Waals surface area contributed by atoms with Crippen LogP contribution in [0, 0.1) is 0 Å². The summed E-state index contributed by atoms with van der Waals surface area (Å²) in [4.78, 5) is 1.30. The lowest BCUT2D eigenvalue weighted by Crippen LogP contribution is -2.33. The predicted molar refractivity (Wildman–Crippen MR) is 64.7 cm³/mol. The van der Waals surface area contributed by atoms with Gasteiger partial charge in [0, 0.05) is 17.0 Å². The van der Waals surface area contributed by atoms with E-state index in [9.17, 15) is 0 Å². The Labute approximate surface area is 97.5 Å². The van der Waals surface area contributed by atoms with Gasteiger partial charge in [0.15, 0.2) is 0 Å². The molecular weight excluding hydrogens is 262 g/mol. The quantitative estimate of drug-likeness (QED) is 0.868. The largest absolute Gasteiger partial charge is 0.395 e. The molecule has 1 heterocycles. The molecule has 0 aliphatic heterocycles. The van der Waals surface area contributed by atoms with Crippen LogP contribution in [0.2, 0.25) is 0 Å². The number of halogens is 1. The summed E-state index contributed by atoms with van der Waals surface area (Å²) in [5, 5.41) is 12.4. The highest BCUT2D eigenvalue weighted by atomic mass is 79.9. The van der Waals surface area contributed by atoms with E-state index in [2.05, 4.69) is 47.2 Å². The number of aliphatic hydroxyl groups is 1. The van der Waals surface area contributed by atoms with E-state index >= 15 is 0 Å². The first-order valence-electron chi connectivity index (χ1n) is 4.79. The molecule has 0 aliphatic rings. The molecule has 1 aromatic heterocycles. The Bertz CT molecular complexity index is 273. The van der Waals surface area contributed by atoms with Gasteiger partial charge in [0.1, 0.15) is 0 Å². The van der Waals surface area contributed by atoms with E-state index in [4.69, 9.17) is 5.11 Å². The van der Waals surface area contributed by atoms with Gasteiger partial charge in [-0.1, -0.05) is 6.92 Å². The molecule has 0 aromatic carbocycles. The van der Waals surface area contributed by atoms with Crippen LogP contribution in [0.25, 0.3) is 0 Å². The van der Waals surface area contributed by atoms with Crippen molar-refractivity contribution in [3.05, 3.63) is 20.8 Å². The van der Waals surface area contributed by atoms with E-state index < -0.39 is 0 Å². The van der Waals surface area contributed by atoms with Crippen LogP contribution in [0.3, 0.4) is 0 Å². The van der Waals surface area contributed by atoms with Gasteiger partial charge in [-0.2, -0.15) is 0 Å². The molecule has 0 unspecified atom stereocenters. The third kappa shape index (κ3) is 3.35. The lowest BCUT2D eigenvalue weighted by atomic mass is 10.2. The molecule has 2 atom stereocenters. The van der Waals surface area contributed by atoms with E-state index in [1.807, 2.05) is 0 Å². The summed E-state index contributed by atoms with van der Waals surface area (Å²) < 4.78 is 1.15. The Hall–Kier alpha value is 0.1000. The van der Waals surface area contributed by atoms with Gasteiger partial charge in [-0.3, -0.25) is 0 Å². The van der Waals surface area contributed by atoms with Crippen molar-refractivity contribution in [2.45, 2.75) is 32.4 Å². The summed E-state index contributed by atoms with van der Waals surface area (Å²) in [5.74, 6) is 0. The first-order valence-corrected chi connectivity index (χ1v) is 6.40. The van der Waals surface area contributed by atoms with Gasteiger partial charge in [0.05, 0.1) is 10.4 Å². The van der Waals surface area contributed by atoms with Crippen molar-refractivity contribution in [2.24, 2.45) is 0 Å². The van der Waals surface area contributed by atoms with E-state index in [1.54, 1.807) is 11.3 Å². The molecule has 0 saturated carbocycles. The van der Waals surface area contributed by atoms with Crippen molar-refractivity contribution in [3.63, 3.8) is 0 Å². The first kappa shape index (κ1) is 12.2. The van der Waals surface area contributed by atoms with Crippen LogP contribution in [-0.4, -0.2) is 17.8 Å². The molecular formula is C10H16BrNOS. The second kappa shape index (κ2) is 5.85. The zero-order valence-corrected chi connectivity index (χ0v) is 10.9. The van der Waals surface area contributed by atoms with Crippen LogP contribution in [0.1, 0.15) is 31.2 Å². The van der Waals surface area contributed by atoms with Crippen molar-refractivity contribution in [3.8, 4) is 0 Å². The highest BCUT2D eigenvalue weighted by Crippen LogP contribution is 2.27. The predicted octanol–water partition coefficient (Wildman–Crippen LogP) is 2.93. The molecule has 0 bridgehead atoms. The molecule has 1 aromatic rings. The number of hydrogen-bond acceptors (Lipinski definition) is 3. The SMILES string of the molecule is CC[C@H](CO)N[C@@H](C)c1ccc(Br)s1. The normalized spacial score (nSPS) is 15.4. The molecule has 0 spiro atoms. The van der Waals surface area contributed by atoms with Crippen LogP contribution in [-0.2, 0) is 0 Å². The zero-order chi connectivity index (χ0) is 10.6. The van der Waals surface area contributed by atoms with Crippen molar-refractivity contribution in [1.29, 1.82) is 0 Å². The van der Waals surface area contributed by atoms with Gasteiger partial charge in [-0.05, 0) is 41.4 Å². The number of nitrogens with one attached hydrogen (secondary N) is 1. The van der Waals surface area contributed by atoms with E-state index in [-0.39, 0.29) is 12.6 Å². The van der Waals surface area contributed by atoms with Crippen molar-refractivity contribution in [1.82, 2.24) is 5.32 Å². The van der Waals surface area contributed by atoms with Crippen LogP contribution < -0.4 is 5.32 Å². The Balaban J connectivity index is 2.53. The van der Waals surface area contributed by atoms with Crippen LogP contribution in [0.15, 0.2) is 15.9 Å². The fraction of sp³-hybridized carbons (Fsp3) is 0.600. The van der Waals surface area contributed by atoms with Crippen molar-refractivity contribution < 1.29 is 5.11 Å². The van der Waals surface area contributed by atoms with Gasteiger partial charge in [0.2, 0.25) is 0 Å². The van der Waals surface area contributed by atoms with Crippen LogP contribution in [0.5, 0.6) is 0 Å². The topological polar surface area (TPSA) is 32.3 Å². The third-order valence-corrected chi connectivity index (χ3v) is 4.03. The maximum absolute atomic E-state index is 9.06. The molecule has 80 valence electrons. The Morgan fingerprint density at radius 3 is 2.71 bits per heavy atom. The molecule has 1 rings (SSSR count). The molecule has 0 aliphatic carbocycles. The van der Waals surface area contributed by atoms with Crippen molar-refractivity contribution in [2.75, 3.05) is 6.61 Å². The van der Waals surface area contributed by atoms with E-state index in [0.717, 1.165) is 10.2 Å². The second-order valence-electron chi connectivity index (χ2n) is 3.32. The van der Waals surface area contributed by atoms with Crippen LogP contribution in [0.4, 0.5) is 0 Å². The molecule has 0 fully saturated rings. The number of aliphatic hydroxyl groups excluding tert-OH is 1. The van der Waals surface area contributed by atoms with Crippen LogP contribution >= 0.6 is 27.3 Å². The molecule has 14 heavy (non-hydrogen) atoms. The molecule has 0 saturated heterocycles. The maximum Gasteiger partial charge on any atom is 0.0701 e.